The molecule has 1 saturated heterocycles. The van der Waals surface area contributed by atoms with Gasteiger partial charge in [0.25, 0.3) is 5.91 Å². The van der Waals surface area contributed by atoms with Crippen LogP contribution < -0.4 is 5.32 Å². The lowest BCUT2D eigenvalue weighted by atomic mass is 10.1. The Morgan fingerprint density at radius 1 is 1.35 bits per heavy atom. The first-order chi connectivity index (χ1) is 10.9. The van der Waals surface area contributed by atoms with E-state index in [2.05, 4.69) is 5.32 Å². The van der Waals surface area contributed by atoms with E-state index in [1.807, 2.05) is 13.8 Å². The molecule has 0 aromatic heterocycles. The number of hydrogen-bond donors (Lipinski definition) is 1. The zero-order valence-corrected chi connectivity index (χ0v) is 14.6. The molecule has 0 radical (unpaired) electrons. The van der Waals surface area contributed by atoms with Gasteiger partial charge in [-0.2, -0.15) is 4.31 Å². The molecule has 2 rings (SSSR count). The van der Waals surface area contributed by atoms with Crippen molar-refractivity contribution < 1.29 is 17.9 Å². The summed E-state index contributed by atoms with van der Waals surface area (Å²) in [6.07, 6.45) is 0.816. The number of nitrogens with zero attached hydrogens (tertiary/aromatic N) is 1. The fourth-order valence-electron chi connectivity index (χ4n) is 2.35. The van der Waals surface area contributed by atoms with Crippen LogP contribution in [-0.2, 0) is 14.8 Å². The molecule has 1 amide bonds. The zero-order chi connectivity index (χ0) is 17.0. The molecule has 128 valence electrons. The molecule has 1 unspecified atom stereocenters. The lowest BCUT2D eigenvalue weighted by molar-refractivity contribution is 0.0730. The third-order valence-electron chi connectivity index (χ3n) is 4.03. The molecule has 1 aromatic rings. The number of carbonyl (C=O) groups excluding carboxylic acids is 1. The monoisotopic (exact) mass is 340 g/mol. The van der Waals surface area contributed by atoms with Crippen molar-refractivity contribution in [1.29, 1.82) is 0 Å². The molecule has 0 bridgehead atoms. The number of rotatable bonds is 5. The van der Waals surface area contributed by atoms with Gasteiger partial charge in [0, 0.05) is 24.7 Å². The molecular formula is C16H24N2O4S. The second-order valence-electron chi connectivity index (χ2n) is 5.78. The van der Waals surface area contributed by atoms with Gasteiger partial charge in [0.2, 0.25) is 10.0 Å². The standard InChI is InChI=1S/C16H24N2O4S/c1-4-13(3)17-16(19)14-6-5-12(2)15(11-14)23(20,21)18-7-9-22-10-8-18/h5-6,11,13H,4,7-10H2,1-3H3,(H,17,19). The number of morpholine rings is 1. The normalized spacial score (nSPS) is 17.7. The maximum atomic E-state index is 12.8. The molecule has 1 fully saturated rings. The van der Waals surface area contributed by atoms with E-state index in [4.69, 9.17) is 4.74 Å². The molecule has 0 spiro atoms. The lowest BCUT2D eigenvalue weighted by Crippen LogP contribution is -2.41. The maximum absolute atomic E-state index is 12.8. The Balaban J connectivity index is 2.31. The maximum Gasteiger partial charge on any atom is 0.251 e. The number of benzene rings is 1. The van der Waals surface area contributed by atoms with Crippen LogP contribution in [0.2, 0.25) is 0 Å². The summed E-state index contributed by atoms with van der Waals surface area (Å²) in [7, 11) is -3.61. The van der Waals surface area contributed by atoms with Gasteiger partial charge in [-0.05, 0) is 38.0 Å². The highest BCUT2D eigenvalue weighted by Gasteiger charge is 2.28. The van der Waals surface area contributed by atoms with E-state index in [1.54, 1.807) is 19.1 Å². The van der Waals surface area contributed by atoms with Crippen LogP contribution >= 0.6 is 0 Å². The Kier molecular flexibility index (Phi) is 5.78. The predicted octanol–water partition coefficient (Wildman–Crippen LogP) is 1.54. The summed E-state index contributed by atoms with van der Waals surface area (Å²) < 4.78 is 32.2. The van der Waals surface area contributed by atoms with Crippen molar-refractivity contribution in [2.75, 3.05) is 26.3 Å². The van der Waals surface area contributed by atoms with Crippen LogP contribution in [0.5, 0.6) is 0 Å². The van der Waals surface area contributed by atoms with Gasteiger partial charge in [-0.25, -0.2) is 8.42 Å². The Morgan fingerprint density at radius 3 is 2.61 bits per heavy atom. The third-order valence-corrected chi connectivity index (χ3v) is 6.07. The number of aryl methyl sites for hydroxylation is 1. The van der Waals surface area contributed by atoms with E-state index < -0.39 is 10.0 Å². The van der Waals surface area contributed by atoms with E-state index in [0.717, 1.165) is 6.42 Å². The predicted molar refractivity (Wildman–Crippen MR) is 88.0 cm³/mol. The number of amides is 1. The lowest BCUT2D eigenvalue weighted by Gasteiger charge is -2.26. The Hall–Kier alpha value is -1.44. The summed E-state index contributed by atoms with van der Waals surface area (Å²) in [4.78, 5) is 12.4. The topological polar surface area (TPSA) is 75.7 Å². The van der Waals surface area contributed by atoms with Crippen molar-refractivity contribution >= 4 is 15.9 Å². The van der Waals surface area contributed by atoms with Crippen LogP contribution in [0.3, 0.4) is 0 Å². The van der Waals surface area contributed by atoms with E-state index in [-0.39, 0.29) is 16.8 Å². The molecule has 0 aliphatic carbocycles. The second-order valence-corrected chi connectivity index (χ2v) is 7.69. The van der Waals surface area contributed by atoms with Crippen molar-refractivity contribution in [2.24, 2.45) is 0 Å². The van der Waals surface area contributed by atoms with Crippen molar-refractivity contribution in [3.05, 3.63) is 29.3 Å². The minimum atomic E-state index is -3.61. The second kappa shape index (κ2) is 7.42. The first-order valence-electron chi connectivity index (χ1n) is 7.85. The van der Waals surface area contributed by atoms with Crippen LogP contribution in [0.15, 0.2) is 23.1 Å². The quantitative estimate of drug-likeness (QED) is 0.882. The summed E-state index contributed by atoms with van der Waals surface area (Å²) in [5.74, 6) is -0.252. The SMILES string of the molecule is CCC(C)NC(=O)c1ccc(C)c(S(=O)(=O)N2CCOCC2)c1. The number of ether oxygens (including phenoxy) is 1. The molecule has 7 heteroatoms. The summed E-state index contributed by atoms with van der Waals surface area (Å²) in [5, 5.41) is 2.86. The van der Waals surface area contributed by atoms with Gasteiger partial charge in [0.05, 0.1) is 18.1 Å². The molecule has 0 saturated carbocycles. The van der Waals surface area contributed by atoms with E-state index in [1.165, 1.54) is 10.4 Å². The minimum Gasteiger partial charge on any atom is -0.379 e. The first-order valence-corrected chi connectivity index (χ1v) is 9.29. The van der Waals surface area contributed by atoms with Crippen LogP contribution in [-0.4, -0.2) is 51.0 Å². The first kappa shape index (κ1) is 17.9. The number of sulfonamides is 1. The molecule has 1 aliphatic rings. The molecule has 1 heterocycles. The molecule has 6 nitrogen and oxygen atoms in total. The van der Waals surface area contributed by atoms with E-state index >= 15 is 0 Å². The van der Waals surface area contributed by atoms with Crippen molar-refractivity contribution in [1.82, 2.24) is 9.62 Å². The average Bonchev–Trinajstić information content (AvgIpc) is 2.55. The number of hydrogen-bond acceptors (Lipinski definition) is 4. The smallest absolute Gasteiger partial charge is 0.251 e. The summed E-state index contributed by atoms with van der Waals surface area (Å²) in [5.41, 5.74) is 0.999. The van der Waals surface area contributed by atoms with Crippen LogP contribution in [0, 0.1) is 6.92 Å². The van der Waals surface area contributed by atoms with Gasteiger partial charge in [0.1, 0.15) is 0 Å². The van der Waals surface area contributed by atoms with Gasteiger partial charge in [-0.15, -0.1) is 0 Å². The van der Waals surface area contributed by atoms with E-state index in [9.17, 15) is 13.2 Å². The van der Waals surface area contributed by atoms with Gasteiger partial charge < -0.3 is 10.1 Å². The summed E-state index contributed by atoms with van der Waals surface area (Å²) in [6.45, 7) is 7.10. The van der Waals surface area contributed by atoms with Crippen LogP contribution in [0.1, 0.15) is 36.2 Å². The Labute approximate surface area is 137 Å². The van der Waals surface area contributed by atoms with Gasteiger partial charge in [0.15, 0.2) is 0 Å². The summed E-state index contributed by atoms with van der Waals surface area (Å²) in [6, 6.07) is 4.85. The highest BCUT2D eigenvalue weighted by atomic mass is 32.2. The van der Waals surface area contributed by atoms with Gasteiger partial charge in [-0.1, -0.05) is 13.0 Å². The highest BCUT2D eigenvalue weighted by Crippen LogP contribution is 2.22. The average molecular weight is 340 g/mol. The molecular weight excluding hydrogens is 316 g/mol. The fraction of sp³-hybridized carbons (Fsp3) is 0.562. The number of carbonyl (C=O) groups is 1. The molecule has 1 N–H and O–H groups in total. The minimum absolute atomic E-state index is 0.0445. The molecule has 1 aliphatic heterocycles. The third kappa shape index (κ3) is 4.10. The number of nitrogens with one attached hydrogen (secondary N) is 1. The van der Waals surface area contributed by atoms with Crippen LogP contribution in [0.4, 0.5) is 0 Å². The molecule has 1 atom stereocenters. The largest absolute Gasteiger partial charge is 0.379 e. The highest BCUT2D eigenvalue weighted by molar-refractivity contribution is 7.89. The van der Waals surface area contributed by atoms with Gasteiger partial charge >= 0.3 is 0 Å². The fourth-order valence-corrected chi connectivity index (χ4v) is 4.01. The Bertz CT molecular complexity index is 667. The van der Waals surface area contributed by atoms with Gasteiger partial charge in [-0.3, -0.25) is 4.79 Å². The molecule has 1 aromatic carbocycles. The van der Waals surface area contributed by atoms with Crippen LogP contribution in [0.25, 0.3) is 0 Å². The summed E-state index contributed by atoms with van der Waals surface area (Å²) >= 11 is 0. The zero-order valence-electron chi connectivity index (χ0n) is 13.8. The van der Waals surface area contributed by atoms with Crippen molar-refractivity contribution in [3.63, 3.8) is 0 Å². The Morgan fingerprint density at radius 2 is 2.00 bits per heavy atom. The van der Waals surface area contributed by atoms with E-state index in [0.29, 0.717) is 37.4 Å². The molecule has 23 heavy (non-hydrogen) atoms. The van der Waals surface area contributed by atoms with Crippen molar-refractivity contribution in [3.8, 4) is 0 Å². The van der Waals surface area contributed by atoms with Crippen molar-refractivity contribution in [2.45, 2.75) is 38.1 Å².